The fourth-order valence-corrected chi connectivity index (χ4v) is 3.70. The molecule has 2 amide bonds. The summed E-state index contributed by atoms with van der Waals surface area (Å²) in [5.74, 6) is 0.806. The first kappa shape index (κ1) is 20.2. The van der Waals surface area contributed by atoms with Crippen LogP contribution in [0.5, 0.6) is 0 Å². The van der Waals surface area contributed by atoms with Crippen LogP contribution in [0.25, 0.3) is 11.3 Å². The number of urea groups is 1. The molecule has 2 heterocycles. The minimum Gasteiger partial charge on any atom is -0.352 e. The molecule has 1 aliphatic rings. The molecule has 0 atom stereocenters. The number of amides is 2. The fourth-order valence-electron chi connectivity index (χ4n) is 3.47. The van der Waals surface area contributed by atoms with E-state index in [1.807, 2.05) is 66.4 Å². The Hall–Kier alpha value is -3.12. The summed E-state index contributed by atoms with van der Waals surface area (Å²) in [6, 6.07) is 17.4. The fraction of sp³-hybridized carbons (Fsp3) is 0.261. The Bertz CT molecular complexity index is 1050. The van der Waals surface area contributed by atoms with Gasteiger partial charge in [-0.05, 0) is 55.3 Å². The maximum Gasteiger partial charge on any atom is 0.321 e. The number of nitrogens with one attached hydrogen (secondary N) is 1. The number of hydrogen-bond donors (Lipinski definition) is 1. The van der Waals surface area contributed by atoms with E-state index in [2.05, 4.69) is 27.3 Å². The second kappa shape index (κ2) is 8.71. The van der Waals surface area contributed by atoms with Gasteiger partial charge < -0.3 is 15.1 Å². The van der Waals surface area contributed by atoms with Gasteiger partial charge in [-0.3, -0.25) is 0 Å². The number of benzene rings is 2. The molecule has 3 aromatic rings. The van der Waals surface area contributed by atoms with Crippen molar-refractivity contribution in [3.63, 3.8) is 0 Å². The molecule has 2 aromatic carbocycles. The van der Waals surface area contributed by atoms with E-state index in [1.54, 1.807) is 0 Å². The summed E-state index contributed by atoms with van der Waals surface area (Å²) in [4.78, 5) is 16.6. The van der Waals surface area contributed by atoms with E-state index in [1.165, 1.54) is 5.56 Å². The lowest BCUT2D eigenvalue weighted by Crippen LogP contribution is -2.50. The molecule has 6 nitrogen and oxygen atoms in total. The van der Waals surface area contributed by atoms with Crippen molar-refractivity contribution in [3.8, 4) is 11.3 Å². The minimum atomic E-state index is -0.0712. The number of nitrogens with zero attached hydrogens (tertiary/aromatic N) is 4. The summed E-state index contributed by atoms with van der Waals surface area (Å²) in [6.07, 6.45) is 0. The molecule has 0 saturated carbocycles. The molecule has 1 N–H and O–H groups in total. The van der Waals surface area contributed by atoms with Gasteiger partial charge in [0, 0.05) is 37.4 Å². The zero-order chi connectivity index (χ0) is 21.1. The van der Waals surface area contributed by atoms with Crippen molar-refractivity contribution in [2.45, 2.75) is 13.8 Å². The van der Waals surface area contributed by atoms with Gasteiger partial charge in [0.1, 0.15) is 0 Å². The second-order valence-electron chi connectivity index (χ2n) is 7.46. The van der Waals surface area contributed by atoms with Crippen molar-refractivity contribution < 1.29 is 4.79 Å². The summed E-state index contributed by atoms with van der Waals surface area (Å²) < 4.78 is 0. The van der Waals surface area contributed by atoms with Crippen LogP contribution in [0.3, 0.4) is 0 Å². The summed E-state index contributed by atoms with van der Waals surface area (Å²) in [5, 5.41) is 12.4. The molecule has 1 fully saturated rings. The standard InChI is InChI=1S/C23H24ClN5O/c1-16-7-8-18(15-17(16)2)25-23(30)29-13-11-28(12-14-29)22-10-9-21(26-27-22)19-5-3-4-6-20(19)24/h3-10,15H,11-14H2,1-2H3,(H,25,30). The van der Waals surface area contributed by atoms with Crippen LogP contribution in [0, 0.1) is 13.8 Å². The highest BCUT2D eigenvalue weighted by Crippen LogP contribution is 2.26. The Morgan fingerprint density at radius 1 is 0.933 bits per heavy atom. The Labute approximate surface area is 181 Å². The van der Waals surface area contributed by atoms with Gasteiger partial charge >= 0.3 is 6.03 Å². The van der Waals surface area contributed by atoms with Crippen LogP contribution in [0.2, 0.25) is 5.02 Å². The number of anilines is 2. The molecular formula is C23H24ClN5O. The molecule has 7 heteroatoms. The monoisotopic (exact) mass is 421 g/mol. The predicted molar refractivity (Wildman–Crippen MR) is 121 cm³/mol. The van der Waals surface area contributed by atoms with Gasteiger partial charge in [0.05, 0.1) is 10.7 Å². The number of carbonyl (C=O) groups excluding carboxylic acids is 1. The third-order valence-corrected chi connectivity index (χ3v) is 5.78. The Morgan fingerprint density at radius 3 is 2.37 bits per heavy atom. The third-order valence-electron chi connectivity index (χ3n) is 5.45. The molecule has 0 spiro atoms. The lowest BCUT2D eigenvalue weighted by molar-refractivity contribution is 0.208. The summed E-state index contributed by atoms with van der Waals surface area (Å²) in [5.41, 5.74) is 4.81. The first-order valence-electron chi connectivity index (χ1n) is 9.98. The molecule has 30 heavy (non-hydrogen) atoms. The maximum absolute atomic E-state index is 12.6. The first-order valence-corrected chi connectivity index (χ1v) is 10.4. The average molecular weight is 422 g/mol. The maximum atomic E-state index is 12.6. The molecule has 0 bridgehead atoms. The van der Waals surface area contributed by atoms with Gasteiger partial charge in [0.25, 0.3) is 0 Å². The summed E-state index contributed by atoms with van der Waals surface area (Å²) in [6.45, 7) is 6.78. The largest absolute Gasteiger partial charge is 0.352 e. The van der Waals surface area contributed by atoms with Gasteiger partial charge in [-0.25, -0.2) is 4.79 Å². The van der Waals surface area contributed by atoms with Gasteiger partial charge in [-0.2, -0.15) is 0 Å². The Kier molecular flexibility index (Phi) is 5.86. The van der Waals surface area contributed by atoms with Gasteiger partial charge in [0.2, 0.25) is 0 Å². The quantitative estimate of drug-likeness (QED) is 0.661. The highest BCUT2D eigenvalue weighted by Gasteiger charge is 2.22. The van der Waals surface area contributed by atoms with Crippen molar-refractivity contribution in [2.24, 2.45) is 0 Å². The van der Waals surface area contributed by atoms with E-state index in [0.29, 0.717) is 31.2 Å². The summed E-state index contributed by atoms with van der Waals surface area (Å²) >= 11 is 6.25. The van der Waals surface area contributed by atoms with Crippen LogP contribution in [0.1, 0.15) is 11.1 Å². The molecular weight excluding hydrogens is 398 g/mol. The normalized spacial score (nSPS) is 14.0. The lowest BCUT2D eigenvalue weighted by atomic mass is 10.1. The van der Waals surface area contributed by atoms with E-state index in [9.17, 15) is 4.79 Å². The predicted octanol–water partition coefficient (Wildman–Crippen LogP) is 4.77. The van der Waals surface area contributed by atoms with E-state index < -0.39 is 0 Å². The van der Waals surface area contributed by atoms with E-state index in [4.69, 9.17) is 11.6 Å². The van der Waals surface area contributed by atoms with Gasteiger partial charge in [-0.15, -0.1) is 10.2 Å². The number of hydrogen-bond acceptors (Lipinski definition) is 4. The van der Waals surface area contributed by atoms with Crippen LogP contribution in [-0.4, -0.2) is 47.3 Å². The van der Waals surface area contributed by atoms with E-state index in [0.717, 1.165) is 28.3 Å². The molecule has 0 radical (unpaired) electrons. The zero-order valence-electron chi connectivity index (χ0n) is 17.1. The van der Waals surface area contributed by atoms with Crippen LogP contribution < -0.4 is 10.2 Å². The van der Waals surface area contributed by atoms with E-state index in [-0.39, 0.29) is 6.03 Å². The lowest BCUT2D eigenvalue weighted by Gasteiger charge is -2.35. The SMILES string of the molecule is Cc1ccc(NC(=O)N2CCN(c3ccc(-c4ccccc4Cl)nn3)CC2)cc1C. The molecule has 154 valence electrons. The van der Waals surface area contributed by atoms with Crippen molar-refractivity contribution >= 4 is 29.1 Å². The van der Waals surface area contributed by atoms with Crippen molar-refractivity contribution in [1.82, 2.24) is 15.1 Å². The van der Waals surface area contributed by atoms with Crippen LogP contribution in [0.15, 0.2) is 54.6 Å². The minimum absolute atomic E-state index is 0.0712. The van der Waals surface area contributed by atoms with Crippen molar-refractivity contribution in [1.29, 1.82) is 0 Å². The highest BCUT2D eigenvalue weighted by atomic mass is 35.5. The number of carbonyl (C=O) groups is 1. The zero-order valence-corrected chi connectivity index (χ0v) is 17.9. The number of aromatic nitrogens is 2. The van der Waals surface area contributed by atoms with Gasteiger partial charge in [-0.1, -0.05) is 35.9 Å². The topological polar surface area (TPSA) is 61.4 Å². The Balaban J connectivity index is 1.35. The van der Waals surface area contributed by atoms with Crippen molar-refractivity contribution in [2.75, 3.05) is 36.4 Å². The molecule has 1 aliphatic heterocycles. The molecule has 0 aliphatic carbocycles. The molecule has 4 rings (SSSR count). The Morgan fingerprint density at radius 2 is 1.70 bits per heavy atom. The molecule has 1 saturated heterocycles. The molecule has 1 aromatic heterocycles. The molecule has 0 unspecified atom stereocenters. The van der Waals surface area contributed by atoms with E-state index >= 15 is 0 Å². The first-order chi connectivity index (χ1) is 14.5. The van der Waals surface area contributed by atoms with Gasteiger partial charge in [0.15, 0.2) is 5.82 Å². The number of rotatable bonds is 3. The number of piperazine rings is 1. The third kappa shape index (κ3) is 4.39. The average Bonchev–Trinajstić information content (AvgIpc) is 2.77. The number of halogens is 1. The second-order valence-corrected chi connectivity index (χ2v) is 7.87. The van der Waals surface area contributed by atoms with Crippen LogP contribution in [-0.2, 0) is 0 Å². The number of aryl methyl sites for hydroxylation is 2. The highest BCUT2D eigenvalue weighted by molar-refractivity contribution is 6.33. The van der Waals surface area contributed by atoms with Crippen LogP contribution in [0.4, 0.5) is 16.3 Å². The smallest absolute Gasteiger partial charge is 0.321 e. The van der Waals surface area contributed by atoms with Crippen LogP contribution >= 0.6 is 11.6 Å². The summed E-state index contributed by atoms with van der Waals surface area (Å²) in [7, 11) is 0. The van der Waals surface area contributed by atoms with Crippen molar-refractivity contribution in [3.05, 3.63) is 70.7 Å².